The number of benzene rings is 1. The van der Waals surface area contributed by atoms with Crippen LogP contribution in [0.25, 0.3) is 16.9 Å². The number of aromatic nitrogens is 5. The number of piperidine rings is 1. The van der Waals surface area contributed by atoms with Crippen molar-refractivity contribution in [3.05, 3.63) is 71.7 Å². The number of hydrogen-bond acceptors (Lipinski definition) is 8. The Kier molecular flexibility index (Phi) is 7.93. The van der Waals surface area contributed by atoms with Gasteiger partial charge in [0.25, 0.3) is 5.56 Å². The molecule has 38 heavy (non-hydrogen) atoms. The van der Waals surface area contributed by atoms with Crippen LogP contribution in [0.2, 0.25) is 0 Å². The minimum Gasteiger partial charge on any atom is -0.493 e. The molecule has 0 unspecified atom stereocenters. The van der Waals surface area contributed by atoms with E-state index in [-0.39, 0.29) is 18.2 Å². The summed E-state index contributed by atoms with van der Waals surface area (Å²) in [5.41, 5.74) is 0.900. The highest BCUT2D eigenvalue weighted by atomic mass is 19.1. The molecule has 0 aliphatic carbocycles. The van der Waals surface area contributed by atoms with Crippen molar-refractivity contribution in [2.75, 3.05) is 31.7 Å². The summed E-state index contributed by atoms with van der Waals surface area (Å²) in [6.45, 7) is 5.79. The average molecular weight is 520 g/mol. The molecule has 1 aliphatic heterocycles. The van der Waals surface area contributed by atoms with Gasteiger partial charge in [-0.1, -0.05) is 12.1 Å². The minimum atomic E-state index is -0.413. The van der Waals surface area contributed by atoms with E-state index >= 15 is 0 Å². The monoisotopic (exact) mass is 519 g/mol. The summed E-state index contributed by atoms with van der Waals surface area (Å²) in [6.07, 6.45) is 5.42. The number of nitrogens with one attached hydrogen (secondary N) is 2. The SMILES string of the molecule is C=CCn1c(=O)c2cnc(Nc3ccc(OCCCF)cc3)nc2n1-c1cccc(OC2CCNCC2)n1. The van der Waals surface area contributed by atoms with Crippen molar-refractivity contribution >= 4 is 22.7 Å². The Bertz CT molecular complexity index is 1450. The number of pyridine rings is 1. The molecule has 4 aromatic rings. The highest BCUT2D eigenvalue weighted by Gasteiger charge is 2.20. The van der Waals surface area contributed by atoms with Gasteiger partial charge in [-0.15, -0.1) is 6.58 Å². The van der Waals surface area contributed by atoms with Gasteiger partial charge in [0.05, 0.1) is 19.8 Å². The van der Waals surface area contributed by atoms with Crippen molar-refractivity contribution in [3.63, 3.8) is 0 Å². The molecule has 0 atom stereocenters. The number of rotatable bonds is 11. The lowest BCUT2D eigenvalue weighted by atomic mass is 10.1. The lowest BCUT2D eigenvalue weighted by molar-refractivity contribution is 0.156. The van der Waals surface area contributed by atoms with E-state index in [9.17, 15) is 9.18 Å². The molecule has 1 aliphatic rings. The maximum atomic E-state index is 13.2. The van der Waals surface area contributed by atoms with Crippen LogP contribution >= 0.6 is 0 Å². The molecule has 4 heterocycles. The molecule has 0 radical (unpaired) electrons. The van der Waals surface area contributed by atoms with E-state index in [1.807, 2.05) is 30.3 Å². The lowest BCUT2D eigenvalue weighted by Crippen LogP contribution is -2.34. The molecule has 0 amide bonds. The normalized spacial score (nSPS) is 13.9. The zero-order valence-corrected chi connectivity index (χ0v) is 21.0. The van der Waals surface area contributed by atoms with Gasteiger partial charge in [0.15, 0.2) is 11.5 Å². The second kappa shape index (κ2) is 11.9. The molecule has 11 heteroatoms. The Morgan fingerprint density at radius 3 is 2.74 bits per heavy atom. The Labute approximate surface area is 219 Å². The molecule has 1 fully saturated rings. The summed E-state index contributed by atoms with van der Waals surface area (Å²) in [5.74, 6) is 1.96. The number of halogens is 1. The highest BCUT2D eigenvalue weighted by Crippen LogP contribution is 2.22. The first-order valence-electron chi connectivity index (χ1n) is 12.7. The third-order valence-electron chi connectivity index (χ3n) is 6.13. The van der Waals surface area contributed by atoms with Crippen LogP contribution in [0.5, 0.6) is 11.6 Å². The second-order valence-electron chi connectivity index (χ2n) is 8.86. The van der Waals surface area contributed by atoms with Crippen LogP contribution in [0.15, 0.2) is 66.1 Å². The standard InChI is InChI=1S/C27H30FN7O3/c1-2-16-34-26(36)22-18-30-27(31-19-7-9-20(10-8-19)37-17-4-13-28)33-25(22)35(34)23-5-3-6-24(32-23)38-21-11-14-29-15-12-21/h2-3,5-10,18,21,29H,1,4,11-17H2,(H,30,31,33). The van der Waals surface area contributed by atoms with Crippen LogP contribution < -0.4 is 25.7 Å². The molecule has 0 spiro atoms. The van der Waals surface area contributed by atoms with Crippen molar-refractivity contribution in [1.29, 1.82) is 0 Å². The molecule has 1 aromatic carbocycles. The first-order chi connectivity index (χ1) is 18.7. The molecule has 10 nitrogen and oxygen atoms in total. The molecule has 2 N–H and O–H groups in total. The number of nitrogens with zero attached hydrogens (tertiary/aromatic N) is 5. The van der Waals surface area contributed by atoms with Gasteiger partial charge in [-0.2, -0.15) is 9.97 Å². The van der Waals surface area contributed by atoms with Crippen LogP contribution in [0.3, 0.4) is 0 Å². The largest absolute Gasteiger partial charge is 0.493 e. The summed E-state index contributed by atoms with van der Waals surface area (Å²) in [6, 6.07) is 12.7. The minimum absolute atomic E-state index is 0.0920. The van der Waals surface area contributed by atoms with E-state index in [1.165, 1.54) is 10.9 Å². The Morgan fingerprint density at radius 2 is 1.97 bits per heavy atom. The van der Waals surface area contributed by atoms with Crippen LogP contribution in [0.1, 0.15) is 19.3 Å². The third-order valence-corrected chi connectivity index (χ3v) is 6.13. The number of allylic oxidation sites excluding steroid dienone is 1. The molecule has 0 bridgehead atoms. The first-order valence-corrected chi connectivity index (χ1v) is 12.7. The molecule has 0 saturated carbocycles. The summed E-state index contributed by atoms with van der Waals surface area (Å²) in [5, 5.41) is 6.85. The van der Waals surface area contributed by atoms with Crippen LogP contribution in [0, 0.1) is 0 Å². The maximum absolute atomic E-state index is 13.2. The van der Waals surface area contributed by atoms with Crippen molar-refractivity contribution < 1.29 is 13.9 Å². The lowest BCUT2D eigenvalue weighted by Gasteiger charge is -2.23. The van der Waals surface area contributed by atoms with Crippen molar-refractivity contribution in [2.45, 2.75) is 31.9 Å². The Balaban J connectivity index is 1.46. The molecule has 5 rings (SSSR count). The van der Waals surface area contributed by atoms with Gasteiger partial charge in [0.1, 0.15) is 17.2 Å². The average Bonchev–Trinajstić information content (AvgIpc) is 3.21. The van der Waals surface area contributed by atoms with Crippen molar-refractivity contribution in [2.24, 2.45) is 0 Å². The zero-order valence-electron chi connectivity index (χ0n) is 21.0. The van der Waals surface area contributed by atoms with Crippen molar-refractivity contribution in [1.82, 2.24) is 29.6 Å². The van der Waals surface area contributed by atoms with Gasteiger partial charge in [0, 0.05) is 24.4 Å². The number of fused-ring (bicyclic) bond motifs is 1. The Morgan fingerprint density at radius 1 is 1.16 bits per heavy atom. The third kappa shape index (κ3) is 5.67. The quantitative estimate of drug-likeness (QED) is 0.228. The Hall–Kier alpha value is -4.25. The van der Waals surface area contributed by atoms with Gasteiger partial charge in [-0.25, -0.2) is 14.3 Å². The predicted octanol–water partition coefficient (Wildman–Crippen LogP) is 3.78. The fourth-order valence-corrected chi connectivity index (χ4v) is 4.29. The van der Waals surface area contributed by atoms with E-state index in [4.69, 9.17) is 14.5 Å². The van der Waals surface area contributed by atoms with E-state index in [1.54, 1.807) is 22.9 Å². The first kappa shape index (κ1) is 25.4. The van der Waals surface area contributed by atoms with E-state index in [2.05, 4.69) is 27.2 Å². The van der Waals surface area contributed by atoms with Gasteiger partial charge in [-0.3, -0.25) is 9.18 Å². The summed E-state index contributed by atoms with van der Waals surface area (Å²) in [4.78, 5) is 26.9. The number of alkyl halides is 1. The molecule has 3 aromatic heterocycles. The highest BCUT2D eigenvalue weighted by molar-refractivity contribution is 5.77. The van der Waals surface area contributed by atoms with Gasteiger partial charge in [0.2, 0.25) is 11.8 Å². The van der Waals surface area contributed by atoms with E-state index in [0.717, 1.165) is 31.6 Å². The van der Waals surface area contributed by atoms with Gasteiger partial charge < -0.3 is 20.1 Å². The summed E-state index contributed by atoms with van der Waals surface area (Å²) < 4.78 is 27.1. The van der Waals surface area contributed by atoms with Crippen LogP contribution in [-0.2, 0) is 6.54 Å². The molecular weight excluding hydrogens is 489 g/mol. The number of ether oxygens (including phenoxy) is 2. The van der Waals surface area contributed by atoms with E-state index < -0.39 is 6.67 Å². The molecule has 198 valence electrons. The summed E-state index contributed by atoms with van der Waals surface area (Å²) >= 11 is 0. The number of hydrogen-bond donors (Lipinski definition) is 2. The van der Waals surface area contributed by atoms with E-state index in [0.29, 0.717) is 47.5 Å². The van der Waals surface area contributed by atoms with Gasteiger partial charge >= 0.3 is 0 Å². The summed E-state index contributed by atoms with van der Waals surface area (Å²) in [7, 11) is 0. The van der Waals surface area contributed by atoms with Crippen LogP contribution in [0.4, 0.5) is 16.0 Å². The van der Waals surface area contributed by atoms with Crippen LogP contribution in [-0.4, -0.2) is 56.8 Å². The fourth-order valence-electron chi connectivity index (χ4n) is 4.29. The molecular formula is C27H30FN7O3. The maximum Gasteiger partial charge on any atom is 0.278 e. The number of anilines is 2. The predicted molar refractivity (Wildman–Crippen MR) is 143 cm³/mol. The molecule has 1 saturated heterocycles. The topological polar surface area (TPSA) is 108 Å². The van der Waals surface area contributed by atoms with Gasteiger partial charge in [-0.05, 0) is 56.3 Å². The fraction of sp³-hybridized carbons (Fsp3) is 0.333. The zero-order chi connectivity index (χ0) is 26.3. The smallest absolute Gasteiger partial charge is 0.278 e. The second-order valence-corrected chi connectivity index (χ2v) is 8.86. The van der Waals surface area contributed by atoms with Crippen molar-refractivity contribution in [3.8, 4) is 17.4 Å².